The molecule has 0 radical (unpaired) electrons. The molecule has 0 spiro atoms. The first-order valence-electron chi connectivity index (χ1n) is 9.90. The molecule has 7 nitrogen and oxygen atoms in total. The molecule has 0 fully saturated rings. The van der Waals surface area contributed by atoms with Gasteiger partial charge in [0.25, 0.3) is 5.91 Å². The molecule has 2 aromatic carbocycles. The van der Waals surface area contributed by atoms with Crippen LogP contribution in [0.4, 0.5) is 0 Å². The van der Waals surface area contributed by atoms with Crippen LogP contribution in [0.15, 0.2) is 60.9 Å². The summed E-state index contributed by atoms with van der Waals surface area (Å²) < 4.78 is 18.5. The fraction of sp³-hybridized carbons (Fsp3) is 0.250. The first-order valence-corrected chi connectivity index (χ1v) is 9.90. The summed E-state index contributed by atoms with van der Waals surface area (Å²) in [5.74, 6) is 2.12. The van der Waals surface area contributed by atoms with Crippen molar-refractivity contribution in [3.63, 3.8) is 0 Å². The number of amides is 1. The van der Waals surface area contributed by atoms with E-state index in [-0.39, 0.29) is 12.5 Å². The maximum absolute atomic E-state index is 12.8. The van der Waals surface area contributed by atoms with Gasteiger partial charge in [-0.25, -0.2) is 4.98 Å². The number of nitrogens with zero attached hydrogens (tertiary/aromatic N) is 2. The molecule has 1 heterocycles. The Balaban J connectivity index is 1.78. The topological polar surface area (TPSA) is 74.6 Å². The van der Waals surface area contributed by atoms with Crippen LogP contribution < -0.4 is 19.5 Å². The molecule has 1 unspecified atom stereocenters. The molecular formula is C24H27N3O4. The molecule has 0 saturated heterocycles. The Morgan fingerprint density at radius 3 is 2.58 bits per heavy atom. The van der Waals surface area contributed by atoms with Gasteiger partial charge in [0.05, 0.1) is 14.2 Å². The molecule has 162 valence electrons. The molecule has 1 aromatic heterocycles. The summed E-state index contributed by atoms with van der Waals surface area (Å²) in [4.78, 5) is 17.2. The van der Waals surface area contributed by atoms with Crippen LogP contribution >= 0.6 is 0 Å². The number of aryl methyl sites for hydroxylation is 1. The van der Waals surface area contributed by atoms with E-state index < -0.39 is 6.04 Å². The first-order chi connectivity index (χ1) is 15.1. The second kappa shape index (κ2) is 10.3. The van der Waals surface area contributed by atoms with Gasteiger partial charge in [0, 0.05) is 25.0 Å². The standard InChI is InChI=1S/C24H27N3O4/c1-5-8-17-11-12-20(21(15-17)30-4)31-16-22(28)26-23(24-25-13-14-27(24)2)18-9-6-7-10-19(18)29-3/h5-15,23H,16H2,1-4H3,(H,26,28)/b8-5+. The summed E-state index contributed by atoms with van der Waals surface area (Å²) in [6, 6.07) is 12.6. The minimum absolute atomic E-state index is 0.171. The fourth-order valence-corrected chi connectivity index (χ4v) is 3.29. The van der Waals surface area contributed by atoms with Crippen LogP contribution in [-0.2, 0) is 11.8 Å². The minimum atomic E-state index is -0.494. The van der Waals surface area contributed by atoms with Crippen molar-refractivity contribution in [3.05, 3.63) is 77.9 Å². The van der Waals surface area contributed by atoms with Gasteiger partial charge in [0.1, 0.15) is 17.6 Å². The molecule has 0 aliphatic heterocycles. The smallest absolute Gasteiger partial charge is 0.258 e. The van der Waals surface area contributed by atoms with E-state index in [2.05, 4.69) is 10.3 Å². The summed E-state index contributed by atoms with van der Waals surface area (Å²) in [5, 5.41) is 3.01. The van der Waals surface area contributed by atoms with Crippen LogP contribution in [0.5, 0.6) is 17.2 Å². The third kappa shape index (κ3) is 5.25. The lowest BCUT2D eigenvalue weighted by Crippen LogP contribution is -2.34. The first kappa shape index (κ1) is 22.0. The van der Waals surface area contributed by atoms with Crippen LogP contribution in [0.2, 0.25) is 0 Å². The maximum Gasteiger partial charge on any atom is 0.258 e. The molecule has 0 saturated carbocycles. The lowest BCUT2D eigenvalue weighted by atomic mass is 10.0. The van der Waals surface area contributed by atoms with Crippen LogP contribution in [0.3, 0.4) is 0 Å². The van der Waals surface area contributed by atoms with Gasteiger partial charge >= 0.3 is 0 Å². The number of rotatable bonds is 9. The third-order valence-electron chi connectivity index (χ3n) is 4.78. The average molecular weight is 421 g/mol. The van der Waals surface area contributed by atoms with E-state index in [1.165, 1.54) is 0 Å². The summed E-state index contributed by atoms with van der Waals surface area (Å²) in [6.07, 6.45) is 7.43. The average Bonchev–Trinajstić information content (AvgIpc) is 3.22. The highest BCUT2D eigenvalue weighted by Crippen LogP contribution is 2.30. The zero-order chi connectivity index (χ0) is 22.2. The van der Waals surface area contributed by atoms with Crippen molar-refractivity contribution in [2.24, 2.45) is 7.05 Å². The number of carbonyl (C=O) groups excluding carboxylic acids is 1. The third-order valence-corrected chi connectivity index (χ3v) is 4.78. The Morgan fingerprint density at radius 2 is 1.90 bits per heavy atom. The summed E-state index contributed by atoms with van der Waals surface area (Å²) in [7, 11) is 5.05. The monoisotopic (exact) mass is 421 g/mol. The maximum atomic E-state index is 12.8. The zero-order valence-electron chi connectivity index (χ0n) is 18.2. The summed E-state index contributed by atoms with van der Waals surface area (Å²) in [5.41, 5.74) is 1.79. The zero-order valence-corrected chi connectivity index (χ0v) is 18.2. The number of hydrogen-bond donors (Lipinski definition) is 1. The number of aromatic nitrogens is 2. The van der Waals surface area contributed by atoms with Crippen molar-refractivity contribution in [1.82, 2.24) is 14.9 Å². The SMILES string of the molecule is C/C=C/c1ccc(OCC(=O)NC(c2ccccc2OC)c2nccn2C)c(OC)c1. The lowest BCUT2D eigenvalue weighted by Gasteiger charge is -2.21. The van der Waals surface area contributed by atoms with Crippen molar-refractivity contribution in [3.8, 4) is 17.2 Å². The number of benzene rings is 2. The predicted molar refractivity (Wildman–Crippen MR) is 119 cm³/mol. The number of para-hydroxylation sites is 1. The molecule has 1 atom stereocenters. The van der Waals surface area contributed by atoms with E-state index in [9.17, 15) is 4.79 Å². The van der Waals surface area contributed by atoms with Crippen molar-refractivity contribution < 1.29 is 19.0 Å². The van der Waals surface area contributed by atoms with Crippen molar-refractivity contribution >= 4 is 12.0 Å². The number of imidazole rings is 1. The van der Waals surface area contributed by atoms with Gasteiger partial charge in [-0.2, -0.15) is 0 Å². The molecule has 0 bridgehead atoms. The largest absolute Gasteiger partial charge is 0.496 e. The highest BCUT2D eigenvalue weighted by molar-refractivity contribution is 5.78. The van der Waals surface area contributed by atoms with Crippen molar-refractivity contribution in [2.45, 2.75) is 13.0 Å². The van der Waals surface area contributed by atoms with Crippen LogP contribution in [0, 0.1) is 0 Å². The molecular weight excluding hydrogens is 394 g/mol. The Kier molecular flexibility index (Phi) is 7.32. The molecule has 0 aliphatic carbocycles. The number of nitrogens with one attached hydrogen (secondary N) is 1. The highest BCUT2D eigenvalue weighted by atomic mass is 16.5. The Hall–Kier alpha value is -3.74. The van der Waals surface area contributed by atoms with E-state index >= 15 is 0 Å². The van der Waals surface area contributed by atoms with E-state index in [0.29, 0.717) is 23.1 Å². The van der Waals surface area contributed by atoms with E-state index in [1.807, 2.05) is 73.3 Å². The molecule has 7 heteroatoms. The van der Waals surface area contributed by atoms with Gasteiger partial charge in [-0.05, 0) is 30.7 Å². The second-order valence-corrected chi connectivity index (χ2v) is 6.84. The quantitative estimate of drug-likeness (QED) is 0.570. The van der Waals surface area contributed by atoms with Gasteiger partial charge in [-0.3, -0.25) is 4.79 Å². The number of hydrogen-bond acceptors (Lipinski definition) is 5. The van der Waals surface area contributed by atoms with E-state index in [0.717, 1.165) is 11.1 Å². The number of allylic oxidation sites excluding steroid dienone is 1. The van der Waals surface area contributed by atoms with Crippen LogP contribution in [-0.4, -0.2) is 36.3 Å². The highest BCUT2D eigenvalue weighted by Gasteiger charge is 2.24. The summed E-state index contributed by atoms with van der Waals surface area (Å²) >= 11 is 0. The number of methoxy groups -OCH3 is 2. The number of ether oxygens (including phenoxy) is 3. The normalized spacial score (nSPS) is 11.9. The van der Waals surface area contributed by atoms with Gasteiger partial charge in [-0.15, -0.1) is 0 Å². The number of carbonyl (C=O) groups is 1. The van der Waals surface area contributed by atoms with Crippen molar-refractivity contribution in [2.75, 3.05) is 20.8 Å². The van der Waals surface area contributed by atoms with Gasteiger partial charge < -0.3 is 24.1 Å². The molecule has 1 amide bonds. The fourth-order valence-electron chi connectivity index (χ4n) is 3.29. The Morgan fingerprint density at radius 1 is 1.13 bits per heavy atom. The predicted octanol–water partition coefficient (Wildman–Crippen LogP) is 3.76. The van der Waals surface area contributed by atoms with E-state index in [1.54, 1.807) is 26.5 Å². The molecule has 1 N–H and O–H groups in total. The Bertz CT molecular complexity index is 1060. The molecule has 0 aliphatic rings. The van der Waals surface area contributed by atoms with E-state index in [4.69, 9.17) is 14.2 Å². The van der Waals surface area contributed by atoms with Gasteiger partial charge in [0.15, 0.2) is 18.1 Å². The van der Waals surface area contributed by atoms with Gasteiger partial charge in [-0.1, -0.05) is 36.4 Å². The molecule has 3 aromatic rings. The molecule has 3 rings (SSSR count). The summed E-state index contributed by atoms with van der Waals surface area (Å²) in [6.45, 7) is 1.77. The van der Waals surface area contributed by atoms with Gasteiger partial charge in [0.2, 0.25) is 0 Å². The van der Waals surface area contributed by atoms with Crippen molar-refractivity contribution in [1.29, 1.82) is 0 Å². The Labute approximate surface area is 182 Å². The second-order valence-electron chi connectivity index (χ2n) is 6.84. The lowest BCUT2D eigenvalue weighted by molar-refractivity contribution is -0.123. The molecule has 31 heavy (non-hydrogen) atoms. The van der Waals surface area contributed by atoms with Crippen LogP contribution in [0.1, 0.15) is 29.9 Å². The van der Waals surface area contributed by atoms with Crippen LogP contribution in [0.25, 0.3) is 6.08 Å². The minimum Gasteiger partial charge on any atom is -0.496 e.